The second-order valence-electron chi connectivity index (χ2n) is 9.49. The van der Waals surface area contributed by atoms with Gasteiger partial charge < -0.3 is 14.1 Å². The summed E-state index contributed by atoms with van der Waals surface area (Å²) in [6.45, 7) is 8.84. The summed E-state index contributed by atoms with van der Waals surface area (Å²) in [6, 6.07) is 16.6. The molecule has 2 aromatic heterocycles. The summed E-state index contributed by atoms with van der Waals surface area (Å²) >= 11 is 4.89. The fourth-order valence-corrected chi connectivity index (χ4v) is 6.70. The van der Waals surface area contributed by atoms with Crippen molar-refractivity contribution in [3.63, 3.8) is 0 Å². The summed E-state index contributed by atoms with van der Waals surface area (Å²) in [6.07, 6.45) is 1.74. The zero-order chi connectivity index (χ0) is 28.6. The number of halogens is 1. The van der Waals surface area contributed by atoms with Gasteiger partial charge in [0.1, 0.15) is 23.3 Å². The van der Waals surface area contributed by atoms with Gasteiger partial charge in [-0.15, -0.1) is 0 Å². The van der Waals surface area contributed by atoms with Crippen LogP contribution in [0, 0.1) is 6.92 Å². The molecular weight excluding hydrogens is 590 g/mol. The summed E-state index contributed by atoms with van der Waals surface area (Å²) in [5.41, 5.74) is 3.61. The fraction of sp³-hybridized carbons (Fsp3) is 0.258. The van der Waals surface area contributed by atoms with Crippen molar-refractivity contribution in [3.8, 4) is 17.1 Å². The van der Waals surface area contributed by atoms with Gasteiger partial charge in [0, 0.05) is 34.8 Å². The van der Waals surface area contributed by atoms with E-state index in [9.17, 15) is 9.59 Å². The number of allylic oxidation sites excluding steroid dienone is 1. The Labute approximate surface area is 244 Å². The predicted octanol–water partition coefficient (Wildman–Crippen LogP) is 5.44. The van der Waals surface area contributed by atoms with E-state index in [0.29, 0.717) is 51.0 Å². The summed E-state index contributed by atoms with van der Waals surface area (Å²) in [7, 11) is 1.59. The Kier molecular flexibility index (Phi) is 7.96. The van der Waals surface area contributed by atoms with Crippen molar-refractivity contribution in [1.29, 1.82) is 0 Å². The lowest BCUT2D eigenvalue weighted by atomic mass is 9.94. The highest BCUT2D eigenvalue weighted by atomic mass is 79.9. The molecule has 0 saturated carbocycles. The number of para-hydroxylation sites is 1. The quantitative estimate of drug-likeness (QED) is 0.276. The number of amides is 1. The van der Waals surface area contributed by atoms with Gasteiger partial charge in [-0.25, -0.2) is 4.99 Å². The number of aryl methyl sites for hydroxylation is 1. The molecule has 9 heteroatoms. The van der Waals surface area contributed by atoms with Crippen molar-refractivity contribution in [1.82, 2.24) is 9.47 Å². The third-order valence-corrected chi connectivity index (χ3v) is 8.67. The zero-order valence-corrected chi connectivity index (χ0v) is 25.4. The standard InChI is InChI=1S/C31H30BrN3O4S/c1-6-34(7-2)30(37)27-19(4)33-31-35(28(27)22-10-8-9-11-24(22)38-5)29(36)26(40-31)17-20-13-15-25(39-20)21-14-12-18(3)16-23(21)32/h8-17,28H,6-7H2,1-5H3/b26-17+/t28-/m1/s1. The van der Waals surface area contributed by atoms with Crippen molar-refractivity contribution in [2.24, 2.45) is 4.99 Å². The topological polar surface area (TPSA) is 77.0 Å². The Bertz CT molecular complexity index is 1810. The second-order valence-corrected chi connectivity index (χ2v) is 11.3. The van der Waals surface area contributed by atoms with Gasteiger partial charge in [-0.3, -0.25) is 14.2 Å². The van der Waals surface area contributed by atoms with E-state index in [1.54, 1.807) is 22.7 Å². The Morgan fingerprint density at radius 2 is 1.90 bits per heavy atom. The number of fused-ring (bicyclic) bond motifs is 1. The van der Waals surface area contributed by atoms with Crippen molar-refractivity contribution < 1.29 is 13.9 Å². The van der Waals surface area contributed by atoms with Crippen molar-refractivity contribution in [3.05, 3.63) is 107 Å². The number of likely N-dealkylation sites (N-methyl/N-ethyl adjacent to an activating group) is 1. The largest absolute Gasteiger partial charge is 0.496 e. The molecule has 7 nitrogen and oxygen atoms in total. The number of methoxy groups -OCH3 is 1. The maximum absolute atomic E-state index is 14.0. The van der Waals surface area contributed by atoms with Crippen LogP contribution in [0.4, 0.5) is 0 Å². The Morgan fingerprint density at radius 3 is 2.60 bits per heavy atom. The van der Waals surface area contributed by atoms with Gasteiger partial charge >= 0.3 is 0 Å². The van der Waals surface area contributed by atoms with Crippen LogP contribution in [0.3, 0.4) is 0 Å². The molecule has 4 aromatic rings. The van der Waals surface area contributed by atoms with Gasteiger partial charge in [0.15, 0.2) is 4.80 Å². The first kappa shape index (κ1) is 27.9. The minimum Gasteiger partial charge on any atom is -0.496 e. The molecule has 0 saturated heterocycles. The summed E-state index contributed by atoms with van der Waals surface area (Å²) in [4.78, 5) is 34.8. The summed E-state index contributed by atoms with van der Waals surface area (Å²) < 4.78 is 14.8. The lowest BCUT2D eigenvalue weighted by Gasteiger charge is -2.29. The van der Waals surface area contributed by atoms with E-state index in [1.165, 1.54) is 11.3 Å². The van der Waals surface area contributed by atoms with E-state index in [-0.39, 0.29) is 11.5 Å². The molecular formula is C31H30BrN3O4S. The number of rotatable bonds is 7. The Morgan fingerprint density at radius 1 is 1.15 bits per heavy atom. The molecule has 0 unspecified atom stereocenters. The van der Waals surface area contributed by atoms with E-state index < -0.39 is 6.04 Å². The van der Waals surface area contributed by atoms with Crippen molar-refractivity contribution >= 4 is 39.2 Å². The van der Waals surface area contributed by atoms with Crippen molar-refractivity contribution in [2.75, 3.05) is 20.2 Å². The number of carbonyl (C=O) groups is 1. The fourth-order valence-electron chi connectivity index (χ4n) is 4.99. The Hall–Kier alpha value is -3.69. The number of carbonyl (C=O) groups excluding carboxylic acids is 1. The number of thiazole rings is 1. The first-order valence-electron chi connectivity index (χ1n) is 13.1. The molecule has 1 aliphatic heterocycles. The predicted molar refractivity (Wildman–Crippen MR) is 161 cm³/mol. The molecule has 206 valence electrons. The number of hydrogen-bond acceptors (Lipinski definition) is 6. The highest BCUT2D eigenvalue weighted by Crippen LogP contribution is 2.36. The molecule has 3 heterocycles. The number of aromatic nitrogens is 1. The van der Waals surface area contributed by atoms with Crippen LogP contribution >= 0.6 is 27.3 Å². The van der Waals surface area contributed by atoms with Crippen LogP contribution in [0.2, 0.25) is 0 Å². The molecule has 40 heavy (non-hydrogen) atoms. The molecule has 0 N–H and O–H groups in total. The Balaban J connectivity index is 1.67. The van der Waals surface area contributed by atoms with E-state index in [1.807, 2.05) is 82.3 Å². The van der Waals surface area contributed by atoms with E-state index in [2.05, 4.69) is 15.9 Å². The smallest absolute Gasteiger partial charge is 0.271 e. The van der Waals surface area contributed by atoms with Gasteiger partial charge in [0.2, 0.25) is 0 Å². The second kappa shape index (κ2) is 11.4. The zero-order valence-electron chi connectivity index (χ0n) is 23.0. The summed E-state index contributed by atoms with van der Waals surface area (Å²) in [5, 5.41) is 0. The first-order chi connectivity index (χ1) is 19.3. The van der Waals surface area contributed by atoms with Crippen LogP contribution in [0.5, 0.6) is 5.75 Å². The molecule has 0 radical (unpaired) electrons. The highest BCUT2D eigenvalue weighted by molar-refractivity contribution is 9.10. The number of furan rings is 1. The SMILES string of the molecule is CCN(CC)C(=O)C1=C(C)N=c2s/c(=C/c3ccc(-c4ccc(C)cc4Br)o3)c(=O)n2[C@@H]1c1ccccc1OC. The monoisotopic (exact) mass is 619 g/mol. The molecule has 0 fully saturated rings. The third kappa shape index (κ3) is 4.99. The molecule has 2 aromatic carbocycles. The van der Waals surface area contributed by atoms with Crippen LogP contribution < -0.4 is 19.6 Å². The normalized spacial score (nSPS) is 15.2. The maximum Gasteiger partial charge on any atom is 0.271 e. The van der Waals surface area contributed by atoms with Crippen LogP contribution in [0.25, 0.3) is 17.4 Å². The minimum absolute atomic E-state index is 0.143. The minimum atomic E-state index is -0.682. The number of ether oxygens (including phenoxy) is 1. The van der Waals surface area contributed by atoms with Crippen LogP contribution in [0.1, 0.15) is 43.7 Å². The molecule has 5 rings (SSSR count). The molecule has 0 bridgehead atoms. The van der Waals surface area contributed by atoms with Crippen LogP contribution in [0.15, 0.2) is 84.5 Å². The van der Waals surface area contributed by atoms with Crippen LogP contribution in [-0.4, -0.2) is 35.6 Å². The van der Waals surface area contributed by atoms with E-state index in [4.69, 9.17) is 14.1 Å². The van der Waals surface area contributed by atoms with Gasteiger partial charge in [-0.2, -0.15) is 0 Å². The first-order valence-corrected chi connectivity index (χ1v) is 14.7. The van der Waals surface area contributed by atoms with Gasteiger partial charge in [-0.05, 0) is 63.6 Å². The lowest BCUT2D eigenvalue weighted by Crippen LogP contribution is -2.43. The molecule has 1 aliphatic rings. The maximum atomic E-state index is 14.0. The van der Waals surface area contributed by atoms with Crippen LogP contribution in [-0.2, 0) is 4.79 Å². The number of benzene rings is 2. The highest BCUT2D eigenvalue weighted by Gasteiger charge is 2.35. The molecule has 1 amide bonds. The van der Waals surface area contributed by atoms with Crippen molar-refractivity contribution in [2.45, 2.75) is 33.7 Å². The number of hydrogen-bond donors (Lipinski definition) is 0. The van der Waals surface area contributed by atoms with Gasteiger partial charge in [0.25, 0.3) is 11.5 Å². The van der Waals surface area contributed by atoms with E-state index >= 15 is 0 Å². The van der Waals surface area contributed by atoms with Gasteiger partial charge in [-0.1, -0.05) is 51.5 Å². The lowest BCUT2D eigenvalue weighted by molar-refractivity contribution is -0.127. The average molecular weight is 621 g/mol. The van der Waals surface area contributed by atoms with Gasteiger partial charge in [0.05, 0.1) is 22.9 Å². The average Bonchev–Trinajstić information content (AvgIpc) is 3.52. The third-order valence-electron chi connectivity index (χ3n) is 7.03. The number of nitrogens with zero attached hydrogens (tertiary/aromatic N) is 3. The molecule has 1 atom stereocenters. The van der Waals surface area contributed by atoms with E-state index in [0.717, 1.165) is 21.2 Å². The molecule has 0 aliphatic carbocycles. The summed E-state index contributed by atoms with van der Waals surface area (Å²) in [5.74, 6) is 1.70. The molecule has 0 spiro atoms.